The third kappa shape index (κ3) is 1.64. The SMILES string of the molecule is O=C1NCCC(c2ccccc2O)N1. The molecule has 1 aliphatic rings. The number of rotatable bonds is 1. The zero-order valence-electron chi connectivity index (χ0n) is 7.66. The van der Waals surface area contributed by atoms with Crippen molar-refractivity contribution in [1.82, 2.24) is 10.6 Å². The number of amides is 2. The quantitative estimate of drug-likeness (QED) is 0.624. The normalized spacial score (nSPS) is 21.1. The number of urea groups is 1. The van der Waals surface area contributed by atoms with Crippen LogP contribution in [0.25, 0.3) is 0 Å². The lowest BCUT2D eigenvalue weighted by Crippen LogP contribution is -2.44. The van der Waals surface area contributed by atoms with Gasteiger partial charge in [0.15, 0.2) is 0 Å². The van der Waals surface area contributed by atoms with Crippen molar-refractivity contribution < 1.29 is 9.90 Å². The van der Waals surface area contributed by atoms with Crippen LogP contribution in [0.2, 0.25) is 0 Å². The Balaban J connectivity index is 2.22. The highest BCUT2D eigenvalue weighted by atomic mass is 16.3. The topological polar surface area (TPSA) is 61.4 Å². The van der Waals surface area contributed by atoms with Crippen LogP contribution in [-0.2, 0) is 0 Å². The average Bonchev–Trinajstić information content (AvgIpc) is 2.18. The minimum Gasteiger partial charge on any atom is -0.508 e. The van der Waals surface area contributed by atoms with E-state index in [0.717, 1.165) is 12.0 Å². The van der Waals surface area contributed by atoms with Crippen LogP contribution in [0.1, 0.15) is 18.0 Å². The highest BCUT2D eigenvalue weighted by Crippen LogP contribution is 2.26. The van der Waals surface area contributed by atoms with Gasteiger partial charge in [-0.05, 0) is 12.5 Å². The van der Waals surface area contributed by atoms with E-state index in [-0.39, 0.29) is 17.8 Å². The first-order chi connectivity index (χ1) is 6.77. The molecule has 3 N–H and O–H groups in total. The molecule has 1 aliphatic heterocycles. The van der Waals surface area contributed by atoms with Crippen molar-refractivity contribution in [2.75, 3.05) is 6.54 Å². The number of hydrogen-bond donors (Lipinski definition) is 3. The molecule has 4 nitrogen and oxygen atoms in total. The Labute approximate surface area is 81.9 Å². The van der Waals surface area contributed by atoms with Gasteiger partial charge in [-0.1, -0.05) is 18.2 Å². The third-order valence-corrected chi connectivity index (χ3v) is 2.34. The Kier molecular flexibility index (Phi) is 2.26. The first-order valence-electron chi connectivity index (χ1n) is 4.59. The van der Waals surface area contributed by atoms with Gasteiger partial charge < -0.3 is 15.7 Å². The van der Waals surface area contributed by atoms with E-state index in [1.165, 1.54) is 0 Å². The maximum Gasteiger partial charge on any atom is 0.315 e. The number of para-hydroxylation sites is 1. The van der Waals surface area contributed by atoms with E-state index < -0.39 is 0 Å². The molecule has 14 heavy (non-hydrogen) atoms. The van der Waals surface area contributed by atoms with E-state index in [1.54, 1.807) is 12.1 Å². The minimum absolute atomic E-state index is 0.0788. The van der Waals surface area contributed by atoms with Crippen molar-refractivity contribution in [3.63, 3.8) is 0 Å². The van der Waals surface area contributed by atoms with Gasteiger partial charge in [-0.25, -0.2) is 4.79 Å². The average molecular weight is 192 g/mol. The van der Waals surface area contributed by atoms with Gasteiger partial charge in [0.1, 0.15) is 5.75 Å². The number of nitrogens with one attached hydrogen (secondary N) is 2. The van der Waals surface area contributed by atoms with Gasteiger partial charge in [0.05, 0.1) is 6.04 Å². The van der Waals surface area contributed by atoms with Crippen molar-refractivity contribution in [1.29, 1.82) is 0 Å². The maximum atomic E-state index is 11.1. The van der Waals surface area contributed by atoms with Crippen molar-refractivity contribution >= 4 is 6.03 Å². The Morgan fingerprint density at radius 2 is 2.14 bits per heavy atom. The monoisotopic (exact) mass is 192 g/mol. The van der Waals surface area contributed by atoms with Crippen LogP contribution in [0.4, 0.5) is 4.79 Å². The number of benzene rings is 1. The first kappa shape index (κ1) is 8.87. The molecule has 0 spiro atoms. The fourth-order valence-corrected chi connectivity index (χ4v) is 1.63. The van der Waals surface area contributed by atoms with Crippen LogP contribution < -0.4 is 10.6 Å². The molecule has 1 aromatic carbocycles. The summed E-state index contributed by atoms with van der Waals surface area (Å²) >= 11 is 0. The molecule has 2 rings (SSSR count). The van der Waals surface area contributed by atoms with Crippen LogP contribution in [0.15, 0.2) is 24.3 Å². The number of aromatic hydroxyl groups is 1. The van der Waals surface area contributed by atoms with Gasteiger partial charge in [-0.3, -0.25) is 0 Å². The molecule has 4 heteroatoms. The van der Waals surface area contributed by atoms with Crippen LogP contribution in [0.5, 0.6) is 5.75 Å². The molecule has 1 atom stereocenters. The van der Waals surface area contributed by atoms with E-state index >= 15 is 0 Å². The summed E-state index contributed by atoms with van der Waals surface area (Å²) in [5, 5.41) is 15.0. The molecule has 1 unspecified atom stereocenters. The first-order valence-corrected chi connectivity index (χ1v) is 4.59. The third-order valence-electron chi connectivity index (χ3n) is 2.34. The lowest BCUT2D eigenvalue weighted by atomic mass is 10.0. The molecule has 0 aliphatic carbocycles. The van der Waals surface area contributed by atoms with E-state index in [4.69, 9.17) is 0 Å². The summed E-state index contributed by atoms with van der Waals surface area (Å²) in [6, 6.07) is 6.81. The molecular formula is C10H12N2O2. The summed E-state index contributed by atoms with van der Waals surface area (Å²) < 4.78 is 0. The predicted octanol–water partition coefficient (Wildman–Crippen LogP) is 1.14. The summed E-state index contributed by atoms with van der Waals surface area (Å²) in [6.45, 7) is 0.644. The summed E-state index contributed by atoms with van der Waals surface area (Å²) in [4.78, 5) is 11.1. The smallest absolute Gasteiger partial charge is 0.315 e. The van der Waals surface area contributed by atoms with Crippen molar-refractivity contribution in [2.45, 2.75) is 12.5 Å². The zero-order valence-corrected chi connectivity index (χ0v) is 7.66. The number of carbonyl (C=O) groups excluding carboxylic acids is 1. The van der Waals surface area contributed by atoms with Gasteiger partial charge in [-0.15, -0.1) is 0 Å². The van der Waals surface area contributed by atoms with E-state index in [1.807, 2.05) is 12.1 Å². The summed E-state index contributed by atoms with van der Waals surface area (Å²) in [7, 11) is 0. The summed E-state index contributed by atoms with van der Waals surface area (Å²) in [6.07, 6.45) is 0.795. The highest BCUT2D eigenvalue weighted by molar-refractivity contribution is 5.75. The largest absolute Gasteiger partial charge is 0.508 e. The van der Waals surface area contributed by atoms with Crippen molar-refractivity contribution in [2.24, 2.45) is 0 Å². The van der Waals surface area contributed by atoms with E-state index in [0.29, 0.717) is 6.54 Å². The maximum absolute atomic E-state index is 11.1. The molecule has 1 heterocycles. The van der Waals surface area contributed by atoms with Crippen LogP contribution in [0.3, 0.4) is 0 Å². The number of carbonyl (C=O) groups is 1. The number of phenols is 1. The Hall–Kier alpha value is -1.71. The van der Waals surface area contributed by atoms with Crippen LogP contribution >= 0.6 is 0 Å². The molecule has 0 aromatic heterocycles. The molecule has 74 valence electrons. The second-order valence-corrected chi connectivity index (χ2v) is 3.30. The zero-order chi connectivity index (χ0) is 9.97. The second kappa shape index (κ2) is 3.57. The molecule has 1 saturated heterocycles. The number of hydrogen-bond acceptors (Lipinski definition) is 2. The Morgan fingerprint density at radius 1 is 1.36 bits per heavy atom. The lowest BCUT2D eigenvalue weighted by molar-refractivity contribution is 0.229. The molecule has 1 fully saturated rings. The fourth-order valence-electron chi connectivity index (χ4n) is 1.63. The predicted molar refractivity (Wildman–Crippen MR) is 52.0 cm³/mol. The second-order valence-electron chi connectivity index (χ2n) is 3.30. The van der Waals surface area contributed by atoms with Crippen LogP contribution in [-0.4, -0.2) is 17.7 Å². The van der Waals surface area contributed by atoms with Crippen LogP contribution in [0, 0.1) is 0 Å². The standard InChI is InChI=1S/C10H12N2O2/c13-9-4-2-1-3-7(9)8-5-6-11-10(14)12-8/h1-4,8,13H,5-6H2,(H2,11,12,14). The Morgan fingerprint density at radius 3 is 2.86 bits per heavy atom. The molecule has 0 bridgehead atoms. The fraction of sp³-hybridized carbons (Fsp3) is 0.300. The van der Waals surface area contributed by atoms with Gasteiger partial charge in [0, 0.05) is 12.1 Å². The molecule has 0 radical (unpaired) electrons. The lowest BCUT2D eigenvalue weighted by Gasteiger charge is -2.24. The molecule has 0 saturated carbocycles. The molecule has 1 aromatic rings. The van der Waals surface area contributed by atoms with E-state index in [9.17, 15) is 9.90 Å². The van der Waals surface area contributed by atoms with Gasteiger partial charge in [0.25, 0.3) is 0 Å². The Bertz CT molecular complexity index is 352. The number of phenolic OH excluding ortho intramolecular Hbond substituents is 1. The van der Waals surface area contributed by atoms with Crippen molar-refractivity contribution in [3.05, 3.63) is 29.8 Å². The summed E-state index contributed by atoms with van der Waals surface area (Å²) in [5.74, 6) is 0.236. The minimum atomic E-state index is -0.176. The molecule has 2 amide bonds. The van der Waals surface area contributed by atoms with Gasteiger partial charge >= 0.3 is 6.03 Å². The summed E-state index contributed by atoms with van der Waals surface area (Å²) in [5.41, 5.74) is 0.780. The molecular weight excluding hydrogens is 180 g/mol. The van der Waals surface area contributed by atoms with Gasteiger partial charge in [0.2, 0.25) is 0 Å². The van der Waals surface area contributed by atoms with Gasteiger partial charge in [-0.2, -0.15) is 0 Å². The van der Waals surface area contributed by atoms with Crippen molar-refractivity contribution in [3.8, 4) is 5.75 Å². The highest BCUT2D eigenvalue weighted by Gasteiger charge is 2.20. The van der Waals surface area contributed by atoms with E-state index in [2.05, 4.69) is 10.6 Å².